The third kappa shape index (κ3) is 6.20. The average Bonchev–Trinajstić information content (AvgIpc) is 3.71. The van der Waals surface area contributed by atoms with Gasteiger partial charge >= 0.3 is 0 Å². The van der Waals surface area contributed by atoms with Gasteiger partial charge in [-0.15, -0.1) is 11.3 Å². The molecule has 2 aliphatic rings. The molecule has 0 radical (unpaired) electrons. The zero-order valence-electron chi connectivity index (χ0n) is 24.6. The molecule has 0 spiro atoms. The Labute approximate surface area is 265 Å². The van der Waals surface area contributed by atoms with E-state index < -0.39 is 21.7 Å². The van der Waals surface area contributed by atoms with E-state index in [4.69, 9.17) is 4.74 Å². The maximum absolute atomic E-state index is 13.4. The second-order valence-corrected chi connectivity index (χ2v) is 13.9. The molecule has 3 aromatic carbocycles. The Morgan fingerprint density at radius 3 is 2.76 bits per heavy atom. The first-order valence-corrected chi connectivity index (χ1v) is 16.9. The fourth-order valence-corrected chi connectivity index (χ4v) is 8.20. The molecule has 45 heavy (non-hydrogen) atoms. The number of fused-ring (bicyclic) bond motifs is 2. The molecule has 230 valence electrons. The third-order valence-corrected chi connectivity index (χ3v) is 11.0. The lowest BCUT2D eigenvalue weighted by molar-refractivity contribution is 0.0949. The summed E-state index contributed by atoms with van der Waals surface area (Å²) in [4.78, 5) is 33.5. The molecule has 6 rings (SSSR count). The number of thiazole rings is 1. The normalized spacial score (nSPS) is 17.0. The summed E-state index contributed by atoms with van der Waals surface area (Å²) < 4.78 is 32.6. The molecule has 10 nitrogen and oxygen atoms in total. The van der Waals surface area contributed by atoms with Crippen LogP contribution in [0.4, 0.5) is 5.69 Å². The minimum atomic E-state index is -3.97. The summed E-state index contributed by atoms with van der Waals surface area (Å²) in [5.41, 5.74) is 1.73. The topological polar surface area (TPSA) is 141 Å². The maximum Gasteiger partial charge on any atom is 0.257 e. The Kier molecular flexibility index (Phi) is 8.67. The van der Waals surface area contributed by atoms with Gasteiger partial charge in [0.1, 0.15) is 10.8 Å². The first-order valence-electron chi connectivity index (χ1n) is 14.6. The molecule has 0 aliphatic carbocycles. The van der Waals surface area contributed by atoms with E-state index in [1.165, 1.54) is 35.6 Å². The third-order valence-electron chi connectivity index (χ3n) is 8.07. The second-order valence-electron chi connectivity index (χ2n) is 10.9. The molecule has 3 heterocycles. The van der Waals surface area contributed by atoms with Crippen molar-refractivity contribution in [2.75, 3.05) is 25.0 Å². The zero-order chi connectivity index (χ0) is 31.6. The number of carbonyl (C=O) groups is 2. The van der Waals surface area contributed by atoms with E-state index >= 15 is 0 Å². The van der Waals surface area contributed by atoms with Crippen molar-refractivity contribution in [3.05, 3.63) is 88.4 Å². The van der Waals surface area contributed by atoms with Gasteiger partial charge in [-0.25, -0.2) is 13.4 Å². The van der Waals surface area contributed by atoms with E-state index in [1.54, 1.807) is 25.3 Å². The van der Waals surface area contributed by atoms with Crippen LogP contribution in [-0.2, 0) is 16.4 Å². The van der Waals surface area contributed by atoms with Gasteiger partial charge in [-0.3, -0.25) is 14.5 Å². The van der Waals surface area contributed by atoms with Crippen molar-refractivity contribution in [1.29, 1.82) is 5.26 Å². The van der Waals surface area contributed by atoms with Gasteiger partial charge in [0.25, 0.3) is 11.8 Å². The van der Waals surface area contributed by atoms with Gasteiger partial charge in [-0.1, -0.05) is 12.1 Å². The molecule has 0 saturated carbocycles. The molecular weight excluding hydrogens is 611 g/mol. The number of benzene rings is 3. The number of rotatable bonds is 9. The smallest absolute Gasteiger partial charge is 0.257 e. The molecule has 1 fully saturated rings. The van der Waals surface area contributed by atoms with Gasteiger partial charge in [0.2, 0.25) is 9.84 Å². The summed E-state index contributed by atoms with van der Waals surface area (Å²) in [5, 5.41) is 15.6. The first-order chi connectivity index (χ1) is 21.8. The number of carbonyl (C=O) groups excluding carboxylic acids is 2. The highest BCUT2D eigenvalue weighted by molar-refractivity contribution is 7.91. The maximum atomic E-state index is 13.4. The van der Waals surface area contributed by atoms with Crippen molar-refractivity contribution in [3.63, 3.8) is 0 Å². The number of anilines is 1. The second kappa shape index (κ2) is 12.8. The van der Waals surface area contributed by atoms with Crippen molar-refractivity contribution in [3.8, 4) is 22.4 Å². The highest BCUT2D eigenvalue weighted by Crippen LogP contribution is 2.37. The van der Waals surface area contributed by atoms with E-state index in [9.17, 15) is 23.3 Å². The summed E-state index contributed by atoms with van der Waals surface area (Å²) in [5.74, 6) is -0.171. The van der Waals surface area contributed by atoms with Crippen molar-refractivity contribution in [1.82, 2.24) is 15.2 Å². The molecule has 12 heteroatoms. The van der Waals surface area contributed by atoms with Gasteiger partial charge in [0, 0.05) is 28.7 Å². The Hall–Kier alpha value is -4.57. The van der Waals surface area contributed by atoms with Gasteiger partial charge in [0.05, 0.1) is 46.3 Å². The standard InChI is InChI=1S/C33H31N5O5S2/c1-21-26(13-14-29-30(21)37-32(40)27-7-2-3-8-28(27)45(29,41)42)31(39)35-19-25-20-36-33(44-25)22-9-11-24(12-10-22)43-17-5-16-38-15-4-6-23(38)18-34/h2-3,7-14,20,23H,4-6,15-17,19H2,1H3,(H,35,39)(H,37,40). The van der Waals surface area contributed by atoms with Gasteiger partial charge in [0.15, 0.2) is 0 Å². The number of nitrogens with zero attached hydrogens (tertiary/aromatic N) is 3. The van der Waals surface area contributed by atoms with Crippen LogP contribution in [0.15, 0.2) is 76.7 Å². The quantitative estimate of drug-likeness (QED) is 0.238. The van der Waals surface area contributed by atoms with E-state index in [1.807, 2.05) is 24.3 Å². The molecule has 1 saturated heterocycles. The van der Waals surface area contributed by atoms with Gasteiger partial charge in [-0.2, -0.15) is 5.26 Å². The van der Waals surface area contributed by atoms with Crippen LogP contribution in [-0.4, -0.2) is 55.9 Å². The van der Waals surface area contributed by atoms with Crippen LogP contribution in [0, 0.1) is 18.3 Å². The first kappa shape index (κ1) is 30.5. The average molecular weight is 642 g/mol. The van der Waals surface area contributed by atoms with Gasteiger partial charge in [-0.05, 0) is 86.8 Å². The van der Waals surface area contributed by atoms with Crippen molar-refractivity contribution >= 4 is 38.7 Å². The number of sulfone groups is 1. The molecule has 1 unspecified atom stereocenters. The van der Waals surface area contributed by atoms with E-state index in [-0.39, 0.29) is 39.2 Å². The lowest BCUT2D eigenvalue weighted by atomic mass is 10.1. The number of nitriles is 1. The fourth-order valence-electron chi connectivity index (χ4n) is 5.68. The monoisotopic (exact) mass is 641 g/mol. The number of amides is 2. The number of hydrogen-bond acceptors (Lipinski definition) is 9. The summed E-state index contributed by atoms with van der Waals surface area (Å²) in [7, 11) is -3.97. The molecule has 2 N–H and O–H groups in total. The Morgan fingerprint density at radius 2 is 1.96 bits per heavy atom. The minimum Gasteiger partial charge on any atom is -0.494 e. The van der Waals surface area contributed by atoms with E-state index in [0.29, 0.717) is 12.2 Å². The van der Waals surface area contributed by atoms with E-state index in [0.717, 1.165) is 53.5 Å². The van der Waals surface area contributed by atoms with Crippen LogP contribution in [0.1, 0.15) is 50.4 Å². The van der Waals surface area contributed by atoms with Crippen LogP contribution in [0.3, 0.4) is 0 Å². The number of likely N-dealkylation sites (tertiary alicyclic amines) is 1. The number of nitrogens with one attached hydrogen (secondary N) is 2. The molecule has 1 atom stereocenters. The highest BCUT2D eigenvalue weighted by Gasteiger charge is 2.33. The predicted octanol–water partition coefficient (Wildman–Crippen LogP) is 5.20. The Bertz CT molecular complexity index is 1910. The molecule has 2 aliphatic heterocycles. The summed E-state index contributed by atoms with van der Waals surface area (Å²) in [6.45, 7) is 4.26. The number of aromatic nitrogens is 1. The Morgan fingerprint density at radius 1 is 1.16 bits per heavy atom. The lowest BCUT2D eigenvalue weighted by Gasteiger charge is -2.18. The van der Waals surface area contributed by atoms with E-state index in [2.05, 4.69) is 26.6 Å². The molecule has 2 amide bonds. The largest absolute Gasteiger partial charge is 0.494 e. The summed E-state index contributed by atoms with van der Waals surface area (Å²) >= 11 is 1.45. The van der Waals surface area contributed by atoms with Crippen molar-refractivity contribution in [2.24, 2.45) is 0 Å². The lowest BCUT2D eigenvalue weighted by Crippen LogP contribution is -2.29. The summed E-state index contributed by atoms with van der Waals surface area (Å²) in [6.07, 6.45) is 4.59. The van der Waals surface area contributed by atoms with Crippen LogP contribution in [0.5, 0.6) is 5.75 Å². The van der Waals surface area contributed by atoms with Crippen LogP contribution >= 0.6 is 11.3 Å². The highest BCUT2D eigenvalue weighted by atomic mass is 32.2. The molecule has 0 bridgehead atoms. The van der Waals surface area contributed by atoms with Crippen molar-refractivity contribution < 1.29 is 22.7 Å². The molecule has 1 aromatic heterocycles. The predicted molar refractivity (Wildman–Crippen MR) is 170 cm³/mol. The Balaban J connectivity index is 1.06. The molecular formula is C33H31N5O5S2. The molecule has 4 aromatic rings. The van der Waals surface area contributed by atoms with Crippen molar-refractivity contribution in [2.45, 2.75) is 48.6 Å². The van der Waals surface area contributed by atoms with Crippen LogP contribution in [0.2, 0.25) is 0 Å². The summed E-state index contributed by atoms with van der Waals surface area (Å²) in [6, 6.07) is 19.0. The van der Waals surface area contributed by atoms with Crippen LogP contribution < -0.4 is 15.4 Å². The SMILES string of the molecule is Cc1c(C(=O)NCc2cnc(-c3ccc(OCCCN4CCCC4C#N)cc3)s2)ccc2c1NC(=O)c1ccccc1S2(=O)=O. The van der Waals surface area contributed by atoms with Crippen LogP contribution in [0.25, 0.3) is 10.6 Å². The zero-order valence-corrected chi connectivity index (χ0v) is 26.2. The minimum absolute atomic E-state index is 0.0301. The van der Waals surface area contributed by atoms with Gasteiger partial charge < -0.3 is 15.4 Å². The fraction of sp³-hybridized carbons (Fsp3) is 0.273. The number of hydrogen-bond donors (Lipinski definition) is 2. The number of ether oxygens (including phenoxy) is 1.